The fourth-order valence-electron chi connectivity index (χ4n) is 1.69. The molecule has 0 aliphatic carbocycles. The van der Waals surface area contributed by atoms with E-state index < -0.39 is 17.7 Å². The lowest BCUT2D eigenvalue weighted by molar-refractivity contribution is -0.116. The highest BCUT2D eigenvalue weighted by Crippen LogP contribution is 2.16. The fraction of sp³-hybridized carbons (Fsp3) is 0.133. The Morgan fingerprint density at radius 1 is 1.05 bits per heavy atom. The Labute approximate surface area is 129 Å². The lowest BCUT2D eigenvalue weighted by Gasteiger charge is -2.15. The zero-order valence-corrected chi connectivity index (χ0v) is 12.7. The summed E-state index contributed by atoms with van der Waals surface area (Å²) >= 11 is 3.32. The molecule has 0 bridgehead atoms. The van der Waals surface area contributed by atoms with Crippen molar-refractivity contribution in [2.45, 2.75) is 13.0 Å². The quantitative estimate of drug-likeness (QED) is 0.865. The first-order valence-corrected chi connectivity index (χ1v) is 7.03. The minimum absolute atomic E-state index is 0.211. The van der Waals surface area contributed by atoms with Gasteiger partial charge in [0, 0.05) is 21.9 Å². The number of nitrogens with one attached hydrogen (secondary N) is 2. The Morgan fingerprint density at radius 3 is 2.29 bits per heavy atom. The third kappa shape index (κ3) is 4.26. The Hall–Kier alpha value is -1.95. The number of carbonyl (C=O) groups excluding carboxylic acids is 1. The van der Waals surface area contributed by atoms with Crippen LogP contribution in [0.4, 0.5) is 20.2 Å². The number of amides is 1. The lowest BCUT2D eigenvalue weighted by Crippen LogP contribution is -2.31. The number of anilines is 2. The average Bonchev–Trinajstić information content (AvgIpc) is 2.45. The van der Waals surface area contributed by atoms with E-state index in [4.69, 9.17) is 0 Å². The highest BCUT2D eigenvalue weighted by Gasteiger charge is 2.13. The van der Waals surface area contributed by atoms with Gasteiger partial charge in [0.1, 0.15) is 6.04 Å². The largest absolute Gasteiger partial charge is 0.374 e. The molecule has 110 valence electrons. The van der Waals surface area contributed by atoms with Crippen LogP contribution >= 0.6 is 15.9 Å². The van der Waals surface area contributed by atoms with Gasteiger partial charge in [0.05, 0.1) is 0 Å². The number of rotatable bonds is 4. The molecule has 1 atom stereocenters. The van der Waals surface area contributed by atoms with Gasteiger partial charge < -0.3 is 10.6 Å². The molecule has 1 amide bonds. The molecule has 3 nitrogen and oxygen atoms in total. The molecule has 2 aromatic rings. The molecule has 0 saturated heterocycles. The number of benzene rings is 2. The third-order valence-corrected chi connectivity index (χ3v) is 3.34. The summed E-state index contributed by atoms with van der Waals surface area (Å²) in [5, 5.41) is 5.54. The van der Waals surface area contributed by atoms with Crippen LogP contribution in [-0.2, 0) is 4.79 Å². The number of carbonyl (C=O) groups is 1. The van der Waals surface area contributed by atoms with Crippen molar-refractivity contribution in [3.63, 3.8) is 0 Å². The maximum absolute atomic E-state index is 13.1. The van der Waals surface area contributed by atoms with Crippen LogP contribution in [0.25, 0.3) is 0 Å². The van der Waals surface area contributed by atoms with Crippen LogP contribution in [0.1, 0.15) is 6.92 Å². The summed E-state index contributed by atoms with van der Waals surface area (Å²) in [5.74, 6) is -2.29. The second kappa shape index (κ2) is 6.67. The van der Waals surface area contributed by atoms with Gasteiger partial charge in [-0.3, -0.25) is 4.79 Å². The Bertz CT molecular complexity index is 647. The molecule has 2 aromatic carbocycles. The van der Waals surface area contributed by atoms with Gasteiger partial charge in [-0.15, -0.1) is 0 Å². The van der Waals surface area contributed by atoms with Gasteiger partial charge >= 0.3 is 0 Å². The molecule has 0 fully saturated rings. The number of hydrogen-bond donors (Lipinski definition) is 2. The zero-order valence-electron chi connectivity index (χ0n) is 11.2. The van der Waals surface area contributed by atoms with E-state index in [-0.39, 0.29) is 11.6 Å². The van der Waals surface area contributed by atoms with Gasteiger partial charge in [0.2, 0.25) is 5.91 Å². The van der Waals surface area contributed by atoms with Crippen LogP contribution in [0.15, 0.2) is 46.9 Å². The number of hydrogen-bond acceptors (Lipinski definition) is 2. The molecule has 21 heavy (non-hydrogen) atoms. The van der Waals surface area contributed by atoms with E-state index in [1.807, 2.05) is 24.3 Å². The van der Waals surface area contributed by atoms with Crippen molar-refractivity contribution in [3.8, 4) is 0 Å². The van der Waals surface area contributed by atoms with Gasteiger partial charge in [0.15, 0.2) is 11.6 Å². The van der Waals surface area contributed by atoms with Gasteiger partial charge in [-0.25, -0.2) is 8.78 Å². The van der Waals surface area contributed by atoms with Crippen molar-refractivity contribution in [2.24, 2.45) is 0 Å². The van der Waals surface area contributed by atoms with Gasteiger partial charge in [-0.1, -0.05) is 15.9 Å². The zero-order chi connectivity index (χ0) is 15.4. The molecule has 0 aliphatic heterocycles. The monoisotopic (exact) mass is 354 g/mol. The molecule has 0 aliphatic rings. The van der Waals surface area contributed by atoms with Crippen molar-refractivity contribution in [2.75, 3.05) is 10.6 Å². The Balaban J connectivity index is 1.98. The fourth-order valence-corrected chi connectivity index (χ4v) is 1.95. The summed E-state index contributed by atoms with van der Waals surface area (Å²) in [6, 6.07) is 10.0. The van der Waals surface area contributed by atoms with Crippen LogP contribution in [-0.4, -0.2) is 11.9 Å². The van der Waals surface area contributed by atoms with Crippen LogP contribution in [0.2, 0.25) is 0 Å². The lowest BCUT2D eigenvalue weighted by atomic mass is 10.2. The minimum Gasteiger partial charge on any atom is -0.374 e. The van der Waals surface area contributed by atoms with E-state index in [2.05, 4.69) is 26.6 Å². The van der Waals surface area contributed by atoms with E-state index in [1.54, 1.807) is 6.92 Å². The van der Waals surface area contributed by atoms with E-state index in [0.717, 1.165) is 22.3 Å². The van der Waals surface area contributed by atoms with Crippen molar-refractivity contribution < 1.29 is 13.6 Å². The smallest absolute Gasteiger partial charge is 0.246 e. The maximum atomic E-state index is 13.1. The van der Waals surface area contributed by atoms with Gasteiger partial charge in [-0.2, -0.15) is 0 Å². The van der Waals surface area contributed by atoms with Crippen molar-refractivity contribution in [1.29, 1.82) is 0 Å². The van der Waals surface area contributed by atoms with Gasteiger partial charge in [0.25, 0.3) is 0 Å². The normalized spacial score (nSPS) is 11.8. The first-order valence-electron chi connectivity index (χ1n) is 6.24. The summed E-state index contributed by atoms with van der Waals surface area (Å²) in [6.45, 7) is 1.68. The summed E-state index contributed by atoms with van der Waals surface area (Å²) in [6.07, 6.45) is 0. The molecule has 0 unspecified atom stereocenters. The predicted octanol–water partition coefficient (Wildman–Crippen LogP) is 4.17. The summed E-state index contributed by atoms with van der Waals surface area (Å²) in [5.41, 5.74) is 0.995. The van der Waals surface area contributed by atoms with Crippen LogP contribution < -0.4 is 10.6 Å². The Kier molecular flexibility index (Phi) is 4.90. The van der Waals surface area contributed by atoms with Crippen LogP contribution in [0, 0.1) is 11.6 Å². The molecular formula is C15H13BrF2N2O. The highest BCUT2D eigenvalue weighted by molar-refractivity contribution is 9.10. The number of halogens is 3. The topological polar surface area (TPSA) is 41.1 Å². The maximum Gasteiger partial charge on any atom is 0.246 e. The first kappa shape index (κ1) is 15.4. The molecule has 2 rings (SSSR count). The minimum atomic E-state index is -0.999. The molecule has 0 saturated carbocycles. The molecule has 0 radical (unpaired) electrons. The van der Waals surface area contributed by atoms with E-state index in [1.165, 1.54) is 6.07 Å². The Morgan fingerprint density at radius 2 is 1.67 bits per heavy atom. The van der Waals surface area contributed by atoms with E-state index >= 15 is 0 Å². The van der Waals surface area contributed by atoms with E-state index in [9.17, 15) is 13.6 Å². The molecule has 0 aromatic heterocycles. The summed E-state index contributed by atoms with van der Waals surface area (Å²) < 4.78 is 26.8. The highest BCUT2D eigenvalue weighted by atomic mass is 79.9. The molecular weight excluding hydrogens is 342 g/mol. The van der Waals surface area contributed by atoms with E-state index in [0.29, 0.717) is 0 Å². The van der Waals surface area contributed by atoms with Crippen molar-refractivity contribution >= 4 is 33.2 Å². The molecule has 0 heterocycles. The van der Waals surface area contributed by atoms with Crippen molar-refractivity contribution in [1.82, 2.24) is 0 Å². The third-order valence-electron chi connectivity index (χ3n) is 2.81. The second-order valence-corrected chi connectivity index (χ2v) is 5.41. The average molecular weight is 355 g/mol. The van der Waals surface area contributed by atoms with Crippen molar-refractivity contribution in [3.05, 3.63) is 58.6 Å². The SMILES string of the molecule is C[C@H](Nc1ccc(Br)cc1)C(=O)Nc1ccc(F)c(F)c1. The van der Waals surface area contributed by atoms with Gasteiger partial charge in [-0.05, 0) is 43.3 Å². The molecule has 6 heteroatoms. The van der Waals surface area contributed by atoms with Crippen LogP contribution in [0.3, 0.4) is 0 Å². The first-order chi connectivity index (χ1) is 9.95. The standard InChI is InChI=1S/C15H13BrF2N2O/c1-9(19-11-4-2-10(16)3-5-11)15(21)20-12-6-7-13(17)14(18)8-12/h2-9,19H,1H3,(H,20,21)/t9-/m0/s1. The molecule has 2 N–H and O–H groups in total. The second-order valence-electron chi connectivity index (χ2n) is 4.49. The predicted molar refractivity (Wildman–Crippen MR) is 82.2 cm³/mol. The van der Waals surface area contributed by atoms with Crippen LogP contribution in [0.5, 0.6) is 0 Å². The molecule has 0 spiro atoms. The summed E-state index contributed by atoms with van der Waals surface area (Å²) in [7, 11) is 0. The summed E-state index contributed by atoms with van der Waals surface area (Å²) in [4.78, 5) is 12.0.